The molecule has 16 heavy (non-hydrogen) atoms. The summed E-state index contributed by atoms with van der Waals surface area (Å²) in [4.78, 5) is 10.3. The van der Waals surface area contributed by atoms with Gasteiger partial charge < -0.3 is 4.98 Å². The SMILES string of the molecule is C=N/C=C\N(N)c1ncc(F)c2cc[nH]c12. The fraction of sp³-hybridized carbons (Fsp3) is 0. The monoisotopic (exact) mass is 219 g/mol. The molecule has 82 valence electrons. The molecule has 0 spiro atoms. The smallest absolute Gasteiger partial charge is 0.171 e. The maximum Gasteiger partial charge on any atom is 0.171 e. The van der Waals surface area contributed by atoms with Gasteiger partial charge in [0.2, 0.25) is 0 Å². The van der Waals surface area contributed by atoms with Crippen molar-refractivity contribution in [3.63, 3.8) is 0 Å². The molecule has 0 saturated heterocycles. The molecule has 2 heterocycles. The lowest BCUT2D eigenvalue weighted by Crippen LogP contribution is -2.25. The van der Waals surface area contributed by atoms with Crippen LogP contribution in [0.2, 0.25) is 0 Å². The van der Waals surface area contributed by atoms with Crippen molar-refractivity contribution in [2.45, 2.75) is 0 Å². The Balaban J connectivity index is 2.52. The number of hydrazine groups is 1. The lowest BCUT2D eigenvalue weighted by Gasteiger charge is -2.12. The molecule has 6 heteroatoms. The molecule has 0 unspecified atom stereocenters. The van der Waals surface area contributed by atoms with Crippen LogP contribution >= 0.6 is 0 Å². The number of halogens is 1. The minimum Gasteiger partial charge on any atom is -0.358 e. The van der Waals surface area contributed by atoms with Crippen LogP contribution in [0.15, 0.2) is 35.9 Å². The van der Waals surface area contributed by atoms with E-state index < -0.39 is 0 Å². The Morgan fingerprint density at radius 1 is 1.62 bits per heavy atom. The summed E-state index contributed by atoms with van der Waals surface area (Å²) in [5, 5.41) is 1.69. The van der Waals surface area contributed by atoms with Crippen LogP contribution in [-0.2, 0) is 0 Å². The number of aromatic amines is 1. The molecule has 5 nitrogen and oxygen atoms in total. The Morgan fingerprint density at radius 2 is 2.44 bits per heavy atom. The van der Waals surface area contributed by atoms with Gasteiger partial charge in [-0.3, -0.25) is 10.0 Å². The summed E-state index contributed by atoms with van der Waals surface area (Å²) in [6.07, 6.45) is 5.65. The molecule has 2 aromatic heterocycles. The first-order chi connectivity index (χ1) is 7.74. The molecular weight excluding hydrogens is 209 g/mol. The number of anilines is 1. The van der Waals surface area contributed by atoms with Gasteiger partial charge >= 0.3 is 0 Å². The summed E-state index contributed by atoms with van der Waals surface area (Å²) in [5.41, 5.74) is 0.538. The van der Waals surface area contributed by atoms with Crippen LogP contribution in [0.5, 0.6) is 0 Å². The summed E-state index contributed by atoms with van der Waals surface area (Å²) in [5.74, 6) is 5.74. The average Bonchev–Trinajstić information content (AvgIpc) is 2.76. The summed E-state index contributed by atoms with van der Waals surface area (Å²) in [7, 11) is 0. The Labute approximate surface area is 91.1 Å². The van der Waals surface area contributed by atoms with Gasteiger partial charge in [0.25, 0.3) is 0 Å². The number of hydrogen-bond acceptors (Lipinski definition) is 4. The van der Waals surface area contributed by atoms with Crippen molar-refractivity contribution < 1.29 is 4.39 Å². The van der Waals surface area contributed by atoms with Crippen LogP contribution < -0.4 is 10.9 Å². The van der Waals surface area contributed by atoms with Gasteiger partial charge in [-0.15, -0.1) is 0 Å². The second kappa shape index (κ2) is 4.11. The normalized spacial score (nSPS) is 11.1. The number of fused-ring (bicyclic) bond motifs is 1. The van der Waals surface area contributed by atoms with Crippen molar-refractivity contribution in [1.82, 2.24) is 9.97 Å². The quantitative estimate of drug-likeness (QED) is 0.467. The Kier molecular flexibility index (Phi) is 2.65. The molecule has 0 amide bonds. The van der Waals surface area contributed by atoms with E-state index in [1.165, 1.54) is 17.4 Å². The average molecular weight is 219 g/mol. The Hall–Kier alpha value is -2.21. The van der Waals surface area contributed by atoms with Gasteiger partial charge in [0, 0.05) is 24.0 Å². The molecular formula is C10H10FN5. The first-order valence-electron chi connectivity index (χ1n) is 4.52. The van der Waals surface area contributed by atoms with Gasteiger partial charge in [0.05, 0.1) is 11.7 Å². The first kappa shape index (κ1) is 10.3. The third-order valence-electron chi connectivity index (χ3n) is 2.11. The summed E-state index contributed by atoms with van der Waals surface area (Å²) in [6, 6.07) is 1.62. The predicted octanol–water partition coefficient (Wildman–Crippen LogP) is 1.55. The number of nitrogens with zero attached hydrogens (tertiary/aromatic N) is 3. The highest BCUT2D eigenvalue weighted by Crippen LogP contribution is 2.23. The number of aromatic nitrogens is 2. The second-order valence-electron chi connectivity index (χ2n) is 3.08. The number of pyridine rings is 1. The maximum atomic E-state index is 13.3. The van der Waals surface area contributed by atoms with E-state index in [4.69, 9.17) is 5.84 Å². The van der Waals surface area contributed by atoms with E-state index in [0.717, 1.165) is 6.20 Å². The predicted molar refractivity (Wildman–Crippen MR) is 61.4 cm³/mol. The van der Waals surface area contributed by atoms with Crippen molar-refractivity contribution >= 4 is 23.4 Å². The molecule has 0 atom stereocenters. The minimum atomic E-state index is -0.390. The summed E-state index contributed by atoms with van der Waals surface area (Å²) >= 11 is 0. The van der Waals surface area contributed by atoms with E-state index >= 15 is 0 Å². The van der Waals surface area contributed by atoms with Gasteiger partial charge in [0.1, 0.15) is 0 Å². The minimum absolute atomic E-state index is 0.390. The van der Waals surface area contributed by atoms with Crippen LogP contribution in [0.4, 0.5) is 10.2 Å². The van der Waals surface area contributed by atoms with Gasteiger partial charge in [-0.1, -0.05) is 0 Å². The third-order valence-corrected chi connectivity index (χ3v) is 2.11. The molecule has 3 N–H and O–H groups in total. The molecule has 0 bridgehead atoms. The molecule has 0 aromatic carbocycles. The van der Waals surface area contributed by atoms with Gasteiger partial charge in [-0.05, 0) is 12.8 Å². The zero-order chi connectivity index (χ0) is 11.5. The fourth-order valence-electron chi connectivity index (χ4n) is 1.39. The first-order valence-corrected chi connectivity index (χ1v) is 4.52. The third kappa shape index (κ3) is 1.66. The van der Waals surface area contributed by atoms with E-state index in [9.17, 15) is 4.39 Å². The van der Waals surface area contributed by atoms with Crippen LogP contribution in [0.3, 0.4) is 0 Å². The van der Waals surface area contributed by atoms with E-state index in [2.05, 4.69) is 21.7 Å². The van der Waals surface area contributed by atoms with Crippen molar-refractivity contribution in [2.24, 2.45) is 10.8 Å². The number of rotatable bonds is 3. The maximum absolute atomic E-state index is 13.3. The number of nitrogens with one attached hydrogen (secondary N) is 1. The van der Waals surface area contributed by atoms with E-state index in [0.29, 0.717) is 16.7 Å². The summed E-state index contributed by atoms with van der Waals surface area (Å²) in [6.45, 7) is 3.29. The van der Waals surface area contributed by atoms with Crippen molar-refractivity contribution in [3.05, 3.63) is 36.7 Å². The zero-order valence-electron chi connectivity index (χ0n) is 8.39. The molecule has 2 aromatic rings. The van der Waals surface area contributed by atoms with Gasteiger partial charge in [-0.25, -0.2) is 15.2 Å². The van der Waals surface area contributed by atoms with E-state index in [-0.39, 0.29) is 5.82 Å². The van der Waals surface area contributed by atoms with Crippen LogP contribution in [0, 0.1) is 5.82 Å². The fourth-order valence-corrected chi connectivity index (χ4v) is 1.39. The van der Waals surface area contributed by atoms with Crippen LogP contribution in [0.25, 0.3) is 10.9 Å². The highest BCUT2D eigenvalue weighted by molar-refractivity contribution is 5.89. The molecule has 2 rings (SSSR count). The van der Waals surface area contributed by atoms with Crippen molar-refractivity contribution in [3.8, 4) is 0 Å². The number of nitrogens with two attached hydrogens (primary N) is 1. The molecule has 0 saturated carbocycles. The molecule has 0 radical (unpaired) electrons. The van der Waals surface area contributed by atoms with Gasteiger partial charge in [0.15, 0.2) is 11.6 Å². The number of hydrogen-bond donors (Lipinski definition) is 2. The van der Waals surface area contributed by atoms with Gasteiger partial charge in [-0.2, -0.15) is 0 Å². The van der Waals surface area contributed by atoms with E-state index in [1.54, 1.807) is 12.3 Å². The van der Waals surface area contributed by atoms with Crippen molar-refractivity contribution in [2.75, 3.05) is 5.01 Å². The summed E-state index contributed by atoms with van der Waals surface area (Å²) < 4.78 is 13.3. The zero-order valence-corrected chi connectivity index (χ0v) is 8.39. The molecule has 0 fully saturated rings. The molecule has 0 aliphatic rings. The van der Waals surface area contributed by atoms with E-state index in [1.807, 2.05) is 0 Å². The number of aliphatic imine (C=N–C) groups is 1. The lowest BCUT2D eigenvalue weighted by atomic mass is 10.3. The molecule has 0 aliphatic carbocycles. The van der Waals surface area contributed by atoms with Crippen LogP contribution in [-0.4, -0.2) is 16.7 Å². The second-order valence-corrected chi connectivity index (χ2v) is 3.08. The highest BCUT2D eigenvalue weighted by atomic mass is 19.1. The topological polar surface area (TPSA) is 70.3 Å². The van der Waals surface area contributed by atoms with Crippen LogP contribution in [0.1, 0.15) is 0 Å². The Bertz CT molecular complexity index is 545. The number of H-pyrrole nitrogens is 1. The highest BCUT2D eigenvalue weighted by Gasteiger charge is 2.10. The largest absolute Gasteiger partial charge is 0.358 e. The lowest BCUT2D eigenvalue weighted by molar-refractivity contribution is 0.634. The standard InChI is InChI=1S/C10H10FN5/c1-13-4-5-16(12)10-9-7(2-3-14-9)8(11)6-15-10/h2-6,14H,1,12H2/b5-4-. The Morgan fingerprint density at radius 3 is 3.19 bits per heavy atom. The van der Waals surface area contributed by atoms with Crippen molar-refractivity contribution in [1.29, 1.82) is 0 Å². The molecule has 0 aliphatic heterocycles.